The zero-order valence-corrected chi connectivity index (χ0v) is 13.5. The molecule has 0 aliphatic rings. The minimum absolute atomic E-state index is 0.155. The van der Waals surface area contributed by atoms with Gasteiger partial charge in [0.15, 0.2) is 5.82 Å². The predicted octanol–water partition coefficient (Wildman–Crippen LogP) is 1.84. The summed E-state index contributed by atoms with van der Waals surface area (Å²) in [6.45, 7) is 2.48. The minimum Gasteiger partial charge on any atom is -0.478 e. The van der Waals surface area contributed by atoms with Crippen LogP contribution < -0.4 is 5.32 Å². The van der Waals surface area contributed by atoms with Gasteiger partial charge in [-0.15, -0.1) is 0 Å². The first-order valence-electron chi connectivity index (χ1n) is 7.74. The normalized spacial score (nSPS) is 10.6. The second kappa shape index (κ2) is 7.47. The van der Waals surface area contributed by atoms with E-state index in [1.807, 2.05) is 6.92 Å². The van der Waals surface area contributed by atoms with Crippen molar-refractivity contribution in [3.05, 3.63) is 47.9 Å². The van der Waals surface area contributed by atoms with E-state index in [1.165, 1.54) is 18.3 Å². The van der Waals surface area contributed by atoms with Crippen LogP contribution in [0.4, 0.5) is 5.95 Å². The van der Waals surface area contributed by atoms with Crippen molar-refractivity contribution in [1.82, 2.24) is 25.1 Å². The van der Waals surface area contributed by atoms with E-state index in [2.05, 4.69) is 30.4 Å². The van der Waals surface area contributed by atoms with Crippen LogP contribution >= 0.6 is 0 Å². The fraction of sp³-hybridized carbons (Fsp3) is 0.250. The molecule has 0 radical (unpaired) electrons. The van der Waals surface area contributed by atoms with Crippen molar-refractivity contribution in [3.63, 3.8) is 0 Å². The van der Waals surface area contributed by atoms with E-state index in [1.54, 1.807) is 12.3 Å². The average molecular weight is 340 g/mol. The molecule has 0 spiro atoms. The molecule has 0 saturated heterocycles. The number of pyridine rings is 1. The molecule has 0 amide bonds. The molecule has 0 aliphatic heterocycles. The fourth-order valence-corrected chi connectivity index (χ4v) is 2.11. The molecular weight excluding hydrogens is 324 g/mol. The highest BCUT2D eigenvalue weighted by molar-refractivity contribution is 5.88. The van der Waals surface area contributed by atoms with Crippen molar-refractivity contribution in [1.29, 1.82) is 0 Å². The van der Waals surface area contributed by atoms with Gasteiger partial charge in [0.25, 0.3) is 0 Å². The summed E-state index contributed by atoms with van der Waals surface area (Å²) < 4.78 is 5.05. The average Bonchev–Trinajstić information content (AvgIpc) is 3.10. The van der Waals surface area contributed by atoms with Gasteiger partial charge >= 0.3 is 5.97 Å². The smallest absolute Gasteiger partial charge is 0.335 e. The van der Waals surface area contributed by atoms with Crippen molar-refractivity contribution in [2.24, 2.45) is 0 Å². The second-order valence-electron chi connectivity index (χ2n) is 5.14. The molecule has 0 aliphatic carbocycles. The van der Waals surface area contributed by atoms with Crippen LogP contribution in [-0.4, -0.2) is 42.7 Å². The maximum Gasteiger partial charge on any atom is 0.335 e. The highest BCUT2D eigenvalue weighted by Gasteiger charge is 2.09. The number of nitrogens with one attached hydrogen (secondary N) is 1. The number of aryl methyl sites for hydroxylation is 1. The number of hydrogen-bond donors (Lipinski definition) is 2. The Morgan fingerprint density at radius 2 is 2.04 bits per heavy atom. The van der Waals surface area contributed by atoms with Crippen LogP contribution in [0.5, 0.6) is 0 Å². The standard InChI is InChI=1S/C16H16N6O3/c1-2-14-21-13(22-25-14)5-8-19-16-18-7-4-11(20-16)12-9-10(15(23)24)3-6-17-12/h3-4,6-7,9H,2,5,8H2,1H3,(H,23,24)(H,18,19,20). The third-order valence-corrected chi connectivity index (χ3v) is 3.37. The first-order valence-corrected chi connectivity index (χ1v) is 7.74. The molecule has 0 unspecified atom stereocenters. The molecule has 0 saturated carbocycles. The van der Waals surface area contributed by atoms with E-state index in [4.69, 9.17) is 9.63 Å². The molecule has 3 heterocycles. The first kappa shape index (κ1) is 16.5. The van der Waals surface area contributed by atoms with Crippen molar-refractivity contribution >= 4 is 11.9 Å². The summed E-state index contributed by atoms with van der Waals surface area (Å²) in [5.74, 6) is 0.635. The molecule has 3 aromatic heterocycles. The SMILES string of the molecule is CCc1nc(CCNc2nccc(-c3cc(C(=O)O)ccn3)n2)no1. The zero-order valence-electron chi connectivity index (χ0n) is 13.5. The Hall–Kier alpha value is -3.36. The lowest BCUT2D eigenvalue weighted by Crippen LogP contribution is -2.09. The number of rotatable bonds is 7. The van der Waals surface area contributed by atoms with Crippen molar-refractivity contribution in [3.8, 4) is 11.4 Å². The molecule has 25 heavy (non-hydrogen) atoms. The van der Waals surface area contributed by atoms with Crippen LogP contribution in [-0.2, 0) is 12.8 Å². The highest BCUT2D eigenvalue weighted by atomic mass is 16.5. The van der Waals surface area contributed by atoms with E-state index < -0.39 is 5.97 Å². The maximum absolute atomic E-state index is 11.1. The Morgan fingerprint density at radius 3 is 2.80 bits per heavy atom. The Kier molecular flexibility index (Phi) is 4.93. The van der Waals surface area contributed by atoms with E-state index >= 15 is 0 Å². The summed E-state index contributed by atoms with van der Waals surface area (Å²) in [5, 5.41) is 16.0. The minimum atomic E-state index is -1.01. The lowest BCUT2D eigenvalue weighted by Gasteiger charge is -2.05. The lowest BCUT2D eigenvalue weighted by atomic mass is 10.2. The van der Waals surface area contributed by atoms with Crippen LogP contribution in [0.25, 0.3) is 11.4 Å². The van der Waals surface area contributed by atoms with Gasteiger partial charge in [0.1, 0.15) is 0 Å². The molecule has 0 aromatic carbocycles. The van der Waals surface area contributed by atoms with E-state index in [-0.39, 0.29) is 5.56 Å². The van der Waals surface area contributed by atoms with Gasteiger partial charge in [-0.2, -0.15) is 4.98 Å². The van der Waals surface area contributed by atoms with Gasteiger partial charge in [-0.05, 0) is 18.2 Å². The fourth-order valence-electron chi connectivity index (χ4n) is 2.11. The Labute approximate surface area is 143 Å². The van der Waals surface area contributed by atoms with Crippen LogP contribution in [0, 0.1) is 0 Å². The lowest BCUT2D eigenvalue weighted by molar-refractivity contribution is 0.0697. The van der Waals surface area contributed by atoms with Crippen LogP contribution in [0.2, 0.25) is 0 Å². The molecule has 0 fully saturated rings. The largest absolute Gasteiger partial charge is 0.478 e. The molecule has 2 N–H and O–H groups in total. The summed E-state index contributed by atoms with van der Waals surface area (Å²) in [6.07, 6.45) is 4.30. The highest BCUT2D eigenvalue weighted by Crippen LogP contribution is 2.16. The van der Waals surface area contributed by atoms with Gasteiger partial charge in [-0.3, -0.25) is 4.98 Å². The summed E-state index contributed by atoms with van der Waals surface area (Å²) >= 11 is 0. The molecule has 9 heteroatoms. The van der Waals surface area contributed by atoms with Gasteiger partial charge in [0.05, 0.1) is 17.0 Å². The van der Waals surface area contributed by atoms with Gasteiger partial charge in [0.2, 0.25) is 11.8 Å². The van der Waals surface area contributed by atoms with Gasteiger partial charge < -0.3 is 14.9 Å². The second-order valence-corrected chi connectivity index (χ2v) is 5.14. The summed E-state index contributed by atoms with van der Waals surface area (Å²) in [4.78, 5) is 27.9. The predicted molar refractivity (Wildman–Crippen MR) is 88.1 cm³/mol. The third kappa shape index (κ3) is 4.14. The topological polar surface area (TPSA) is 127 Å². The number of anilines is 1. The molecule has 3 aromatic rings. The number of carbonyl (C=O) groups is 1. The number of aromatic carboxylic acids is 1. The van der Waals surface area contributed by atoms with E-state index in [0.717, 1.165) is 0 Å². The number of hydrogen-bond acceptors (Lipinski definition) is 8. The third-order valence-electron chi connectivity index (χ3n) is 3.37. The zero-order chi connectivity index (χ0) is 17.6. The summed E-state index contributed by atoms with van der Waals surface area (Å²) in [6, 6.07) is 4.58. The van der Waals surface area contributed by atoms with E-state index in [0.29, 0.717) is 48.4 Å². The molecular formula is C16H16N6O3. The van der Waals surface area contributed by atoms with Crippen molar-refractivity contribution in [2.45, 2.75) is 19.8 Å². The first-order chi connectivity index (χ1) is 12.2. The number of aromatic nitrogens is 5. The van der Waals surface area contributed by atoms with Crippen molar-refractivity contribution < 1.29 is 14.4 Å². The number of nitrogens with zero attached hydrogens (tertiary/aromatic N) is 5. The van der Waals surface area contributed by atoms with Crippen LogP contribution in [0.15, 0.2) is 35.1 Å². The van der Waals surface area contributed by atoms with Gasteiger partial charge in [-0.1, -0.05) is 12.1 Å². The quantitative estimate of drug-likeness (QED) is 0.662. The van der Waals surface area contributed by atoms with Gasteiger partial charge in [-0.25, -0.2) is 14.8 Å². The molecule has 3 rings (SSSR count). The van der Waals surface area contributed by atoms with Crippen molar-refractivity contribution in [2.75, 3.05) is 11.9 Å². The molecule has 0 atom stereocenters. The Bertz CT molecular complexity index is 880. The monoisotopic (exact) mass is 340 g/mol. The molecule has 9 nitrogen and oxygen atoms in total. The molecule has 128 valence electrons. The van der Waals surface area contributed by atoms with Crippen LogP contribution in [0.1, 0.15) is 29.0 Å². The van der Waals surface area contributed by atoms with Gasteiger partial charge in [0, 0.05) is 31.8 Å². The number of carboxylic acid groups (broad SMARTS) is 1. The molecule has 0 bridgehead atoms. The maximum atomic E-state index is 11.1. The number of carboxylic acids is 1. The summed E-state index contributed by atoms with van der Waals surface area (Å²) in [5.41, 5.74) is 1.16. The van der Waals surface area contributed by atoms with E-state index in [9.17, 15) is 4.79 Å². The Morgan fingerprint density at radius 1 is 1.20 bits per heavy atom. The van der Waals surface area contributed by atoms with Crippen LogP contribution in [0.3, 0.4) is 0 Å². The summed E-state index contributed by atoms with van der Waals surface area (Å²) in [7, 11) is 0. The Balaban J connectivity index is 1.67.